The molecule has 1 aliphatic rings. The Morgan fingerprint density at radius 3 is 2.35 bits per heavy atom. The van der Waals surface area contributed by atoms with E-state index in [4.69, 9.17) is 4.74 Å². The van der Waals surface area contributed by atoms with Crippen molar-refractivity contribution in [3.63, 3.8) is 0 Å². The minimum atomic E-state index is -0.756. The Morgan fingerprint density at radius 1 is 1.04 bits per heavy atom. The molecule has 0 bridgehead atoms. The second-order valence-electron chi connectivity index (χ2n) is 6.23. The normalized spacial score (nSPS) is 16.7. The van der Waals surface area contributed by atoms with Crippen LogP contribution in [0.2, 0.25) is 0 Å². The van der Waals surface area contributed by atoms with Crippen molar-refractivity contribution in [3.05, 3.63) is 54.1 Å². The van der Waals surface area contributed by atoms with Crippen LogP contribution in [0.25, 0.3) is 11.1 Å². The van der Waals surface area contributed by atoms with Crippen LogP contribution >= 0.6 is 0 Å². The molecule has 0 heterocycles. The Balaban J connectivity index is 2.12. The van der Waals surface area contributed by atoms with Crippen molar-refractivity contribution in [1.82, 2.24) is 0 Å². The zero-order valence-electron chi connectivity index (χ0n) is 13.4. The minimum Gasteiger partial charge on any atom is -0.496 e. The maximum atomic E-state index is 12.0. The monoisotopic (exact) mass is 310 g/mol. The predicted molar refractivity (Wildman–Crippen MR) is 90.8 cm³/mol. The molecule has 0 aliphatic heterocycles. The van der Waals surface area contributed by atoms with Gasteiger partial charge in [-0.2, -0.15) is 0 Å². The number of hydrogen-bond acceptors (Lipinski definition) is 2. The smallest absolute Gasteiger partial charge is 0.314 e. The molecule has 0 aromatic heterocycles. The van der Waals surface area contributed by atoms with Crippen LogP contribution in [-0.4, -0.2) is 18.2 Å². The van der Waals surface area contributed by atoms with Gasteiger partial charge in [-0.1, -0.05) is 55.7 Å². The molecule has 1 saturated carbocycles. The van der Waals surface area contributed by atoms with Crippen molar-refractivity contribution >= 4 is 5.97 Å². The topological polar surface area (TPSA) is 46.5 Å². The Morgan fingerprint density at radius 2 is 1.74 bits per heavy atom. The summed E-state index contributed by atoms with van der Waals surface area (Å²) in [5.41, 5.74) is 2.14. The lowest BCUT2D eigenvalue weighted by Gasteiger charge is -2.34. The van der Waals surface area contributed by atoms with Gasteiger partial charge in [0.05, 0.1) is 12.5 Å². The van der Waals surface area contributed by atoms with Crippen molar-refractivity contribution < 1.29 is 14.6 Å². The van der Waals surface area contributed by atoms with E-state index < -0.39 is 11.4 Å². The highest BCUT2D eigenvalue weighted by molar-refractivity contribution is 5.83. The number of methoxy groups -OCH3 is 1. The number of ether oxygens (including phenoxy) is 1. The largest absolute Gasteiger partial charge is 0.496 e. The first kappa shape index (κ1) is 15.6. The fraction of sp³-hybridized carbons (Fsp3) is 0.350. The molecule has 0 amide bonds. The molecule has 1 aliphatic carbocycles. The van der Waals surface area contributed by atoms with Crippen LogP contribution in [0.5, 0.6) is 5.75 Å². The van der Waals surface area contributed by atoms with Gasteiger partial charge in [0.1, 0.15) is 5.75 Å². The zero-order chi connectivity index (χ0) is 16.3. The fourth-order valence-corrected chi connectivity index (χ4v) is 3.63. The Hall–Kier alpha value is -2.29. The van der Waals surface area contributed by atoms with E-state index in [1.54, 1.807) is 7.11 Å². The van der Waals surface area contributed by atoms with Crippen LogP contribution < -0.4 is 4.74 Å². The number of hydrogen-bond donors (Lipinski definition) is 1. The molecule has 120 valence electrons. The van der Waals surface area contributed by atoms with Gasteiger partial charge in [0.25, 0.3) is 0 Å². The molecule has 2 aromatic carbocycles. The Bertz CT molecular complexity index is 685. The second-order valence-corrected chi connectivity index (χ2v) is 6.23. The number of benzene rings is 2. The number of carbonyl (C=O) groups is 1. The van der Waals surface area contributed by atoms with Crippen LogP contribution in [0.4, 0.5) is 0 Å². The molecule has 3 nitrogen and oxygen atoms in total. The maximum absolute atomic E-state index is 12.0. The fourth-order valence-electron chi connectivity index (χ4n) is 3.63. The lowest BCUT2D eigenvalue weighted by molar-refractivity contribution is -0.145. The van der Waals surface area contributed by atoms with Crippen molar-refractivity contribution in [2.75, 3.05) is 7.11 Å². The van der Waals surface area contributed by atoms with Gasteiger partial charge in [0.15, 0.2) is 0 Å². The lowest BCUT2D eigenvalue weighted by Crippen LogP contribution is -2.37. The molecule has 0 radical (unpaired) electrons. The first-order valence-electron chi connectivity index (χ1n) is 8.15. The average Bonchev–Trinajstić information content (AvgIpc) is 2.62. The van der Waals surface area contributed by atoms with E-state index in [1.165, 1.54) is 0 Å². The van der Waals surface area contributed by atoms with Gasteiger partial charge in [-0.05, 0) is 36.1 Å². The number of carboxylic acids is 1. The quantitative estimate of drug-likeness (QED) is 0.894. The van der Waals surface area contributed by atoms with E-state index in [1.807, 2.05) is 48.5 Å². The predicted octanol–water partition coefficient (Wildman–Crippen LogP) is 4.65. The molecule has 3 rings (SSSR count). The van der Waals surface area contributed by atoms with E-state index >= 15 is 0 Å². The molecule has 1 N–H and O–H groups in total. The van der Waals surface area contributed by atoms with Crippen molar-refractivity contribution in [1.29, 1.82) is 0 Å². The molecule has 2 aromatic rings. The van der Waals surface area contributed by atoms with Crippen LogP contribution in [0.15, 0.2) is 48.5 Å². The molecular formula is C20H22O3. The van der Waals surface area contributed by atoms with Gasteiger partial charge in [0, 0.05) is 5.56 Å². The van der Waals surface area contributed by atoms with Gasteiger partial charge >= 0.3 is 5.97 Å². The molecule has 0 atom stereocenters. The molecule has 23 heavy (non-hydrogen) atoms. The maximum Gasteiger partial charge on any atom is 0.314 e. The van der Waals surface area contributed by atoms with E-state index in [0.717, 1.165) is 41.7 Å². The highest BCUT2D eigenvalue weighted by Gasteiger charge is 2.41. The number of carboxylic acid groups (broad SMARTS) is 1. The summed E-state index contributed by atoms with van der Waals surface area (Å²) >= 11 is 0. The SMILES string of the molecule is COc1ccc(C2(C(=O)O)CCCCC2)cc1-c1ccccc1. The number of aliphatic carboxylic acids is 1. The third kappa shape index (κ3) is 2.83. The minimum absolute atomic E-state index is 0.707. The van der Waals surface area contributed by atoms with Crippen molar-refractivity contribution in [2.24, 2.45) is 0 Å². The summed E-state index contributed by atoms with van der Waals surface area (Å²) in [6, 6.07) is 15.8. The van der Waals surface area contributed by atoms with Gasteiger partial charge < -0.3 is 9.84 Å². The third-order valence-corrected chi connectivity index (χ3v) is 4.95. The van der Waals surface area contributed by atoms with Crippen molar-refractivity contribution in [3.8, 4) is 16.9 Å². The average molecular weight is 310 g/mol. The van der Waals surface area contributed by atoms with Crippen LogP contribution in [0, 0.1) is 0 Å². The van der Waals surface area contributed by atoms with E-state index in [0.29, 0.717) is 12.8 Å². The summed E-state index contributed by atoms with van der Waals surface area (Å²) in [7, 11) is 1.65. The summed E-state index contributed by atoms with van der Waals surface area (Å²) in [4.78, 5) is 12.0. The molecule has 0 saturated heterocycles. The lowest BCUT2D eigenvalue weighted by atomic mass is 9.69. The number of rotatable bonds is 4. The Kier molecular flexibility index (Phi) is 4.37. The zero-order valence-corrected chi connectivity index (χ0v) is 13.4. The Labute approximate surface area is 136 Å². The van der Waals surface area contributed by atoms with Gasteiger partial charge in [-0.3, -0.25) is 4.79 Å². The van der Waals surface area contributed by atoms with E-state index in [9.17, 15) is 9.90 Å². The summed E-state index contributed by atoms with van der Waals surface area (Å²) in [5.74, 6) is 0.0673. The summed E-state index contributed by atoms with van der Waals surface area (Å²) in [6.45, 7) is 0. The van der Waals surface area contributed by atoms with Gasteiger partial charge in [-0.15, -0.1) is 0 Å². The summed E-state index contributed by atoms with van der Waals surface area (Å²) in [5, 5.41) is 9.90. The van der Waals surface area contributed by atoms with E-state index in [-0.39, 0.29) is 0 Å². The molecule has 1 fully saturated rings. The van der Waals surface area contributed by atoms with Crippen LogP contribution in [-0.2, 0) is 10.2 Å². The van der Waals surface area contributed by atoms with E-state index in [2.05, 4.69) is 0 Å². The van der Waals surface area contributed by atoms with Crippen LogP contribution in [0.1, 0.15) is 37.7 Å². The highest BCUT2D eigenvalue weighted by atomic mass is 16.5. The van der Waals surface area contributed by atoms with Gasteiger partial charge in [-0.25, -0.2) is 0 Å². The third-order valence-electron chi connectivity index (χ3n) is 4.95. The first-order valence-corrected chi connectivity index (χ1v) is 8.15. The summed E-state index contributed by atoms with van der Waals surface area (Å²) < 4.78 is 5.49. The second kappa shape index (κ2) is 6.45. The van der Waals surface area contributed by atoms with Gasteiger partial charge in [0.2, 0.25) is 0 Å². The summed E-state index contributed by atoms with van der Waals surface area (Å²) in [6.07, 6.45) is 4.49. The highest BCUT2D eigenvalue weighted by Crippen LogP contribution is 2.42. The molecule has 0 unspecified atom stereocenters. The first-order chi connectivity index (χ1) is 11.2. The standard InChI is InChI=1S/C20H22O3/c1-23-18-11-10-16(14-17(18)15-8-4-2-5-9-15)20(19(21)22)12-6-3-7-13-20/h2,4-5,8-11,14H,3,6-7,12-13H2,1H3,(H,21,22). The van der Waals surface area contributed by atoms with Crippen LogP contribution in [0.3, 0.4) is 0 Å². The molecular weight excluding hydrogens is 288 g/mol. The van der Waals surface area contributed by atoms with Crippen molar-refractivity contribution in [2.45, 2.75) is 37.5 Å². The molecule has 3 heteroatoms. The molecule has 0 spiro atoms.